The van der Waals surface area contributed by atoms with E-state index in [1.54, 1.807) is 6.20 Å². The zero-order valence-electron chi connectivity index (χ0n) is 13.0. The third-order valence-corrected chi connectivity index (χ3v) is 4.13. The number of carbonyl (C=O) groups is 1. The van der Waals surface area contributed by atoms with Crippen molar-refractivity contribution in [3.63, 3.8) is 0 Å². The molecule has 0 radical (unpaired) electrons. The molecular weight excluding hydrogens is 274 g/mol. The van der Waals surface area contributed by atoms with Crippen LogP contribution in [-0.4, -0.2) is 17.4 Å². The van der Waals surface area contributed by atoms with E-state index in [1.165, 1.54) is 5.56 Å². The summed E-state index contributed by atoms with van der Waals surface area (Å²) in [6, 6.07) is 9.72. The molecule has 0 saturated heterocycles. The number of aromatic nitrogens is 1. The van der Waals surface area contributed by atoms with Crippen LogP contribution in [0.1, 0.15) is 46.6 Å². The lowest BCUT2D eigenvalue weighted by Gasteiger charge is -2.22. The monoisotopic (exact) mass is 295 g/mol. The molecule has 0 bridgehead atoms. The van der Waals surface area contributed by atoms with Gasteiger partial charge in [-0.05, 0) is 49.9 Å². The van der Waals surface area contributed by atoms with Crippen molar-refractivity contribution in [1.29, 1.82) is 0 Å². The van der Waals surface area contributed by atoms with Crippen LogP contribution < -0.4 is 10.6 Å². The average molecular weight is 295 g/mol. The minimum absolute atomic E-state index is 0.0520. The molecule has 0 spiro atoms. The number of rotatable bonds is 3. The molecule has 1 aromatic heterocycles. The summed E-state index contributed by atoms with van der Waals surface area (Å²) in [5.74, 6) is -0.0520. The molecular formula is C18H21N3O. The number of benzene rings is 1. The van der Waals surface area contributed by atoms with E-state index in [4.69, 9.17) is 0 Å². The van der Waals surface area contributed by atoms with Gasteiger partial charge in [0.25, 0.3) is 5.91 Å². The van der Waals surface area contributed by atoms with Crippen LogP contribution in [0.2, 0.25) is 0 Å². The number of amides is 1. The SMILES string of the molecule is Cc1cccnc1[C@H](C)NC(=O)c1cccc2c1NCCC2. The van der Waals surface area contributed by atoms with Crippen LogP contribution in [0, 0.1) is 6.92 Å². The number of fused-ring (bicyclic) bond motifs is 1. The fourth-order valence-electron chi connectivity index (χ4n) is 2.99. The van der Waals surface area contributed by atoms with Gasteiger partial charge in [-0.2, -0.15) is 0 Å². The van der Waals surface area contributed by atoms with Gasteiger partial charge >= 0.3 is 0 Å². The number of aryl methyl sites for hydroxylation is 2. The van der Waals surface area contributed by atoms with Crippen molar-refractivity contribution in [2.45, 2.75) is 32.7 Å². The van der Waals surface area contributed by atoms with Crippen molar-refractivity contribution in [3.05, 3.63) is 58.9 Å². The lowest BCUT2D eigenvalue weighted by atomic mass is 9.98. The number of nitrogens with zero attached hydrogens (tertiary/aromatic N) is 1. The molecule has 114 valence electrons. The molecule has 0 aliphatic carbocycles. The minimum Gasteiger partial charge on any atom is -0.384 e. The van der Waals surface area contributed by atoms with E-state index in [2.05, 4.69) is 21.7 Å². The van der Waals surface area contributed by atoms with Crippen molar-refractivity contribution < 1.29 is 4.79 Å². The molecule has 1 amide bonds. The first-order valence-electron chi connectivity index (χ1n) is 7.75. The summed E-state index contributed by atoms with van der Waals surface area (Å²) in [6.07, 6.45) is 3.90. The Kier molecular flexibility index (Phi) is 4.09. The van der Waals surface area contributed by atoms with Crippen molar-refractivity contribution >= 4 is 11.6 Å². The van der Waals surface area contributed by atoms with Crippen LogP contribution in [0.4, 0.5) is 5.69 Å². The first-order chi connectivity index (χ1) is 10.7. The number of hydrogen-bond donors (Lipinski definition) is 2. The van der Waals surface area contributed by atoms with Crippen molar-refractivity contribution in [2.75, 3.05) is 11.9 Å². The lowest BCUT2D eigenvalue weighted by Crippen LogP contribution is -2.29. The van der Waals surface area contributed by atoms with Crippen LogP contribution in [0.3, 0.4) is 0 Å². The molecule has 4 heteroatoms. The van der Waals surface area contributed by atoms with Gasteiger partial charge in [0, 0.05) is 12.7 Å². The van der Waals surface area contributed by atoms with Gasteiger partial charge in [-0.25, -0.2) is 0 Å². The molecule has 2 N–H and O–H groups in total. The predicted molar refractivity (Wildman–Crippen MR) is 88.1 cm³/mol. The Balaban J connectivity index is 1.82. The second-order valence-electron chi connectivity index (χ2n) is 5.77. The number of carbonyl (C=O) groups excluding carboxylic acids is 1. The molecule has 22 heavy (non-hydrogen) atoms. The Morgan fingerprint density at radius 1 is 1.32 bits per heavy atom. The van der Waals surface area contributed by atoms with Crippen molar-refractivity contribution in [3.8, 4) is 0 Å². The molecule has 1 aliphatic rings. The Morgan fingerprint density at radius 3 is 3.00 bits per heavy atom. The van der Waals surface area contributed by atoms with E-state index in [1.807, 2.05) is 38.1 Å². The predicted octanol–water partition coefficient (Wildman–Crippen LogP) is 3.24. The molecule has 2 aromatic rings. The average Bonchev–Trinajstić information content (AvgIpc) is 2.54. The highest BCUT2D eigenvalue weighted by atomic mass is 16.1. The molecule has 1 atom stereocenters. The summed E-state index contributed by atoms with van der Waals surface area (Å²) in [4.78, 5) is 17.0. The molecule has 4 nitrogen and oxygen atoms in total. The van der Waals surface area contributed by atoms with Gasteiger partial charge in [-0.15, -0.1) is 0 Å². The van der Waals surface area contributed by atoms with E-state index in [9.17, 15) is 4.79 Å². The highest BCUT2D eigenvalue weighted by molar-refractivity contribution is 6.00. The number of anilines is 1. The van der Waals surface area contributed by atoms with Gasteiger partial charge in [0.15, 0.2) is 0 Å². The van der Waals surface area contributed by atoms with E-state index in [0.29, 0.717) is 0 Å². The highest BCUT2D eigenvalue weighted by Gasteiger charge is 2.19. The third kappa shape index (κ3) is 2.82. The van der Waals surface area contributed by atoms with E-state index >= 15 is 0 Å². The lowest BCUT2D eigenvalue weighted by molar-refractivity contribution is 0.0939. The summed E-state index contributed by atoms with van der Waals surface area (Å²) in [5, 5.41) is 6.42. The molecule has 1 aromatic carbocycles. The van der Waals surface area contributed by atoms with Gasteiger partial charge in [-0.3, -0.25) is 9.78 Å². The van der Waals surface area contributed by atoms with Crippen LogP contribution >= 0.6 is 0 Å². The summed E-state index contributed by atoms with van der Waals surface area (Å²) < 4.78 is 0. The Hall–Kier alpha value is -2.36. The molecule has 0 fully saturated rings. The Labute approximate surface area is 131 Å². The fraction of sp³-hybridized carbons (Fsp3) is 0.333. The van der Waals surface area contributed by atoms with Crippen molar-refractivity contribution in [2.24, 2.45) is 0 Å². The third-order valence-electron chi connectivity index (χ3n) is 4.13. The van der Waals surface area contributed by atoms with Gasteiger partial charge in [0.05, 0.1) is 23.0 Å². The van der Waals surface area contributed by atoms with E-state index in [-0.39, 0.29) is 11.9 Å². The van der Waals surface area contributed by atoms with Gasteiger partial charge in [0.1, 0.15) is 0 Å². The normalized spacial score (nSPS) is 14.6. The number of hydrogen-bond acceptors (Lipinski definition) is 3. The van der Waals surface area contributed by atoms with Crippen molar-refractivity contribution in [1.82, 2.24) is 10.3 Å². The van der Waals surface area contributed by atoms with E-state index in [0.717, 1.165) is 41.9 Å². The van der Waals surface area contributed by atoms with Gasteiger partial charge in [0.2, 0.25) is 0 Å². The molecule has 0 unspecified atom stereocenters. The maximum Gasteiger partial charge on any atom is 0.253 e. The topological polar surface area (TPSA) is 54.0 Å². The maximum absolute atomic E-state index is 12.6. The number of pyridine rings is 1. The van der Waals surface area contributed by atoms with Crippen LogP contribution in [-0.2, 0) is 6.42 Å². The zero-order valence-corrected chi connectivity index (χ0v) is 13.0. The Bertz CT molecular complexity index is 696. The smallest absolute Gasteiger partial charge is 0.253 e. The molecule has 3 rings (SSSR count). The summed E-state index contributed by atoms with van der Waals surface area (Å²) >= 11 is 0. The summed E-state index contributed by atoms with van der Waals surface area (Å²) in [5.41, 5.74) is 4.92. The maximum atomic E-state index is 12.6. The summed E-state index contributed by atoms with van der Waals surface area (Å²) in [6.45, 7) is 4.90. The van der Waals surface area contributed by atoms with Crippen LogP contribution in [0.15, 0.2) is 36.5 Å². The zero-order chi connectivity index (χ0) is 15.5. The molecule has 1 aliphatic heterocycles. The highest BCUT2D eigenvalue weighted by Crippen LogP contribution is 2.26. The minimum atomic E-state index is -0.117. The van der Waals surface area contributed by atoms with Crippen LogP contribution in [0.5, 0.6) is 0 Å². The molecule has 0 saturated carbocycles. The number of para-hydroxylation sites is 1. The first-order valence-corrected chi connectivity index (χ1v) is 7.75. The quantitative estimate of drug-likeness (QED) is 0.914. The van der Waals surface area contributed by atoms with Crippen LogP contribution in [0.25, 0.3) is 0 Å². The second-order valence-corrected chi connectivity index (χ2v) is 5.77. The molecule has 2 heterocycles. The standard InChI is InChI=1S/C18H21N3O/c1-12-6-4-10-19-16(12)13(2)21-18(22)15-9-3-7-14-8-5-11-20-17(14)15/h3-4,6-7,9-10,13,20H,5,8,11H2,1-2H3,(H,21,22)/t13-/m0/s1. The first kappa shape index (κ1) is 14.6. The second kappa shape index (κ2) is 6.18. The Morgan fingerprint density at radius 2 is 2.18 bits per heavy atom. The number of nitrogens with one attached hydrogen (secondary N) is 2. The van der Waals surface area contributed by atoms with E-state index < -0.39 is 0 Å². The van der Waals surface area contributed by atoms with Gasteiger partial charge < -0.3 is 10.6 Å². The fourth-order valence-corrected chi connectivity index (χ4v) is 2.99. The summed E-state index contributed by atoms with van der Waals surface area (Å²) in [7, 11) is 0. The van der Waals surface area contributed by atoms with Gasteiger partial charge in [-0.1, -0.05) is 18.2 Å². The largest absolute Gasteiger partial charge is 0.384 e.